The van der Waals surface area contributed by atoms with Gasteiger partial charge in [-0.05, 0) is 10.4 Å². The maximum absolute atomic E-state index is 3.69. The number of rotatable bonds is 2. The van der Waals surface area contributed by atoms with Gasteiger partial charge in [0.15, 0.2) is 0 Å². The van der Waals surface area contributed by atoms with Gasteiger partial charge in [0.25, 0.3) is 0 Å². The van der Waals surface area contributed by atoms with Gasteiger partial charge in [-0.15, -0.1) is 40.5 Å². The standard InChI is InChI=1S/C25H17Si.C9H13.2ClH.Zr/c1-3-11-20(12-4-1)26(21-13-5-2-6-14-21)25-17-9-16-23-22-15-8-7-10-19(22)18-24(23)25;1-9(2,3)8-6-4-5-7-8;;;/h1-17H;6-7H,4H2,1-3H3;2*1H;/q2*-1;;;+4/p-2. The van der Waals surface area contributed by atoms with Gasteiger partial charge in [0.2, 0.25) is 0 Å². The number of hydrogen-bond donors (Lipinski definition) is 0. The molecule has 188 valence electrons. The first-order chi connectivity index (χ1) is 17.0. The molecule has 0 heterocycles. The molecule has 0 bridgehead atoms. The van der Waals surface area contributed by atoms with Crippen molar-refractivity contribution in [3.63, 3.8) is 0 Å². The van der Waals surface area contributed by atoms with Crippen LogP contribution >= 0.6 is 0 Å². The van der Waals surface area contributed by atoms with Gasteiger partial charge in [-0.1, -0.05) is 128 Å². The maximum atomic E-state index is 3.69. The fourth-order valence-electron chi connectivity index (χ4n) is 4.69. The second-order valence-corrected chi connectivity index (χ2v) is 12.4. The van der Waals surface area contributed by atoms with Crippen molar-refractivity contribution in [1.82, 2.24) is 0 Å². The van der Waals surface area contributed by atoms with E-state index in [9.17, 15) is 0 Å². The van der Waals surface area contributed by atoms with Crippen molar-refractivity contribution in [3.8, 4) is 11.1 Å². The maximum Gasteiger partial charge on any atom is 4.00 e. The Balaban J connectivity index is 0.000000365. The van der Waals surface area contributed by atoms with Crippen LogP contribution in [0.2, 0.25) is 0 Å². The van der Waals surface area contributed by atoms with E-state index in [1.807, 2.05) is 0 Å². The molecule has 0 amide bonds. The van der Waals surface area contributed by atoms with Crippen LogP contribution in [0.15, 0.2) is 121 Å². The van der Waals surface area contributed by atoms with Crippen molar-refractivity contribution in [2.75, 3.05) is 0 Å². The van der Waals surface area contributed by atoms with E-state index < -0.39 is 8.41 Å². The van der Waals surface area contributed by atoms with E-state index in [2.05, 4.69) is 148 Å². The van der Waals surface area contributed by atoms with Crippen molar-refractivity contribution >= 4 is 24.9 Å². The predicted molar refractivity (Wildman–Crippen MR) is 151 cm³/mol. The topological polar surface area (TPSA) is 0 Å². The van der Waals surface area contributed by atoms with Crippen LogP contribution in [-0.4, -0.2) is 8.41 Å². The Bertz CT molecular complexity index is 1490. The fraction of sp³-hybridized carbons (Fsp3) is 0.147. The number of allylic oxidation sites excluding steroid dienone is 4. The van der Waals surface area contributed by atoms with E-state index in [0.717, 1.165) is 6.42 Å². The second-order valence-electron chi connectivity index (χ2n) is 9.97. The Kier molecular flexibility index (Phi) is 12.1. The van der Waals surface area contributed by atoms with Crippen molar-refractivity contribution in [1.29, 1.82) is 0 Å². The molecule has 0 nitrogen and oxygen atoms in total. The Morgan fingerprint density at radius 1 is 0.658 bits per heavy atom. The summed E-state index contributed by atoms with van der Waals surface area (Å²) in [5.74, 6) is 0. The third kappa shape index (κ3) is 7.10. The minimum absolute atomic E-state index is 0. The van der Waals surface area contributed by atoms with Crippen LogP contribution in [0.1, 0.15) is 32.8 Å². The number of fused-ring (bicyclic) bond motifs is 3. The molecule has 4 heteroatoms. The Hall–Kier alpha value is -2.09. The summed E-state index contributed by atoms with van der Waals surface area (Å²) in [4.78, 5) is 1.42. The van der Waals surface area contributed by atoms with Crippen LogP contribution in [0, 0.1) is 16.3 Å². The van der Waals surface area contributed by atoms with E-state index in [1.54, 1.807) is 0 Å². The summed E-state index contributed by atoms with van der Waals surface area (Å²) in [7, 11) is -1.08. The van der Waals surface area contributed by atoms with Crippen molar-refractivity contribution in [3.05, 3.63) is 143 Å². The molecule has 0 atom stereocenters. The SMILES string of the molecule is CC(C)(C)C1=CC[C-]=C1.[C-]1=c2c(cccc2=[Si](c2ccccc2)c2ccccc2)-c2ccccc21.[Cl-].[Cl-].[Zr+4]. The summed E-state index contributed by atoms with van der Waals surface area (Å²) in [6.07, 6.45) is 12.2. The molecule has 6 rings (SSSR count). The van der Waals surface area contributed by atoms with Gasteiger partial charge >= 0.3 is 26.2 Å². The molecule has 4 aromatic carbocycles. The third-order valence-electron chi connectivity index (χ3n) is 6.50. The van der Waals surface area contributed by atoms with Crippen LogP contribution in [0.25, 0.3) is 17.2 Å². The molecule has 0 radical (unpaired) electrons. The first-order valence-corrected chi connectivity index (χ1v) is 13.8. The number of benzene rings is 4. The van der Waals surface area contributed by atoms with E-state index in [0.29, 0.717) is 5.41 Å². The van der Waals surface area contributed by atoms with Gasteiger partial charge in [0.05, 0.1) is 0 Å². The van der Waals surface area contributed by atoms with E-state index in [-0.39, 0.29) is 51.0 Å². The molecule has 0 aliphatic heterocycles. The fourth-order valence-corrected chi connectivity index (χ4v) is 7.41. The largest absolute Gasteiger partial charge is 4.00 e. The van der Waals surface area contributed by atoms with Crippen LogP contribution in [0.4, 0.5) is 0 Å². The average molecular weight is 629 g/mol. The smallest absolute Gasteiger partial charge is 1.00 e. The van der Waals surface area contributed by atoms with Gasteiger partial charge in [-0.3, -0.25) is 6.08 Å². The molecule has 0 saturated heterocycles. The van der Waals surface area contributed by atoms with E-state index in [4.69, 9.17) is 0 Å². The molecule has 2 aliphatic carbocycles. The van der Waals surface area contributed by atoms with Gasteiger partial charge in [-0.25, -0.2) is 6.08 Å². The molecule has 0 unspecified atom stereocenters. The van der Waals surface area contributed by atoms with Gasteiger partial charge in [-0.2, -0.15) is 11.6 Å². The molecule has 0 N–H and O–H groups in total. The molecular formula is C34H30Cl2SiZr. The first-order valence-electron chi connectivity index (χ1n) is 12.3. The number of hydrogen-bond acceptors (Lipinski definition) is 0. The molecule has 0 fully saturated rings. The van der Waals surface area contributed by atoms with Crippen molar-refractivity contribution in [2.45, 2.75) is 27.2 Å². The van der Waals surface area contributed by atoms with Crippen LogP contribution < -0.4 is 40.4 Å². The molecule has 0 spiro atoms. The Morgan fingerprint density at radius 2 is 1.21 bits per heavy atom. The minimum atomic E-state index is -1.08. The zero-order valence-electron chi connectivity index (χ0n) is 21.9. The minimum Gasteiger partial charge on any atom is -1.00 e. The first kappa shape index (κ1) is 32.1. The summed E-state index contributed by atoms with van der Waals surface area (Å²) >= 11 is 0. The molecule has 2 aliphatic rings. The zero-order valence-corrected chi connectivity index (χ0v) is 26.9. The molecular weight excluding hydrogens is 599 g/mol. The van der Waals surface area contributed by atoms with Crippen molar-refractivity contribution < 1.29 is 51.0 Å². The van der Waals surface area contributed by atoms with E-state index in [1.165, 1.54) is 42.7 Å². The van der Waals surface area contributed by atoms with Crippen LogP contribution in [-0.2, 0) is 26.2 Å². The second kappa shape index (κ2) is 14.3. The van der Waals surface area contributed by atoms with Crippen LogP contribution in [0.3, 0.4) is 0 Å². The quantitative estimate of drug-likeness (QED) is 0.194. The molecule has 0 saturated carbocycles. The predicted octanol–water partition coefficient (Wildman–Crippen LogP) is 0.242. The summed E-state index contributed by atoms with van der Waals surface area (Å²) in [6.45, 7) is 6.67. The van der Waals surface area contributed by atoms with Crippen LogP contribution in [0.5, 0.6) is 0 Å². The monoisotopic (exact) mass is 626 g/mol. The Morgan fingerprint density at radius 3 is 1.74 bits per heavy atom. The summed E-state index contributed by atoms with van der Waals surface area (Å²) < 4.78 is 0. The summed E-state index contributed by atoms with van der Waals surface area (Å²) in [5.41, 5.74) is 5.56. The molecule has 38 heavy (non-hydrogen) atoms. The summed E-state index contributed by atoms with van der Waals surface area (Å²) in [6, 6.07) is 37.1. The van der Waals surface area contributed by atoms with Gasteiger partial charge < -0.3 is 24.8 Å². The normalized spacial score (nSPS) is 12.1. The summed E-state index contributed by atoms with van der Waals surface area (Å²) in [5, 5.41) is 4.10. The molecule has 0 aromatic heterocycles. The Labute approximate surface area is 260 Å². The number of halogens is 2. The molecule has 4 aromatic rings. The third-order valence-corrected chi connectivity index (χ3v) is 9.28. The van der Waals surface area contributed by atoms with Crippen molar-refractivity contribution in [2.24, 2.45) is 5.41 Å². The van der Waals surface area contributed by atoms with E-state index >= 15 is 0 Å². The van der Waals surface area contributed by atoms with Gasteiger partial charge in [0.1, 0.15) is 0 Å². The average Bonchev–Trinajstić information content (AvgIpc) is 3.55. The zero-order chi connectivity index (χ0) is 24.3. The van der Waals surface area contributed by atoms with Gasteiger partial charge in [0, 0.05) is 8.41 Å².